The van der Waals surface area contributed by atoms with Crippen molar-refractivity contribution in [2.45, 2.75) is 63.7 Å². The van der Waals surface area contributed by atoms with E-state index in [1.807, 2.05) is 6.07 Å². The van der Waals surface area contributed by atoms with Crippen molar-refractivity contribution in [1.82, 2.24) is 14.4 Å². The van der Waals surface area contributed by atoms with Gasteiger partial charge in [0.1, 0.15) is 6.29 Å². The van der Waals surface area contributed by atoms with Crippen molar-refractivity contribution in [2.24, 2.45) is 12.8 Å². The number of nitrogens with zero attached hydrogens (tertiary/aromatic N) is 3. The molecule has 2 unspecified atom stereocenters. The Morgan fingerprint density at radius 2 is 1.70 bits per heavy atom. The minimum absolute atomic E-state index is 0.0112. The minimum Gasteiger partial charge on any atom is -0.366 e. The first-order valence-electron chi connectivity index (χ1n) is 15.8. The number of aldehydes is 1. The number of hydrogen-bond donors (Lipinski definition) is 3. The lowest BCUT2D eigenvalue weighted by molar-refractivity contribution is -0.117. The number of amides is 2. The average Bonchev–Trinajstić information content (AvgIpc) is 3.74. The zero-order chi connectivity index (χ0) is 35.0. The molecule has 2 fully saturated rings. The lowest BCUT2D eigenvalue weighted by atomic mass is 10.00. The second-order valence-electron chi connectivity index (χ2n) is 11.8. The number of aromatic nitrogens is 1. The summed E-state index contributed by atoms with van der Waals surface area (Å²) in [6, 6.07) is 12.4. The van der Waals surface area contributed by atoms with Gasteiger partial charge in [0.05, 0.1) is 0 Å². The SMILES string of the molecule is CCCCCC=O.CN1CCCC1.Cn1ccc(C2CCN(C=O)C2)cc1=O.NC(=O)c1ccc2ccc(C(F)P(=O)(O)O)cc2c1. The van der Waals surface area contributed by atoms with Crippen LogP contribution in [0.2, 0.25) is 0 Å². The van der Waals surface area contributed by atoms with E-state index in [2.05, 4.69) is 18.9 Å². The lowest BCUT2D eigenvalue weighted by Crippen LogP contribution is -2.19. The molecule has 3 aromatic rings. The number of alkyl halides is 1. The minimum atomic E-state index is -4.85. The van der Waals surface area contributed by atoms with E-state index in [-0.39, 0.29) is 16.7 Å². The molecule has 2 aromatic carbocycles. The molecule has 4 N–H and O–H groups in total. The predicted octanol–water partition coefficient (Wildman–Crippen LogP) is 4.89. The standard InChI is InChI=1S/C12H11FNO4P.C11H14N2O2.C6H12O.C5H11N/c13-11(19(16,17)18)8-3-1-7-2-4-9(12(14)15)6-10(7)5-8;1-12-4-2-9(6-11(12)15)10-3-5-13(7-10)8-14;1-2-3-4-5-6-7;1-6-4-2-3-5-6/h1-6,11H,(H2,14,15)(H2,16,17,18);2,4,6,8,10H,3,5,7H2,1H3;6H,2-5H2,1H3;2-5H2,1H3. The van der Waals surface area contributed by atoms with Crippen molar-refractivity contribution in [3.8, 4) is 0 Å². The Hall–Kier alpha value is -3.70. The Morgan fingerprint density at radius 3 is 2.21 bits per heavy atom. The van der Waals surface area contributed by atoms with E-state index in [0.29, 0.717) is 16.7 Å². The van der Waals surface area contributed by atoms with Crippen molar-refractivity contribution in [3.63, 3.8) is 0 Å². The van der Waals surface area contributed by atoms with Crippen LogP contribution in [-0.4, -0.2) is 76.0 Å². The number of likely N-dealkylation sites (tertiary alicyclic amines) is 2. The number of hydrogen-bond acceptors (Lipinski definition) is 6. The number of carbonyl (C=O) groups is 3. The Balaban J connectivity index is 0.000000242. The Labute approximate surface area is 275 Å². The maximum absolute atomic E-state index is 13.6. The third-order valence-corrected chi connectivity index (χ3v) is 8.83. The van der Waals surface area contributed by atoms with Crippen molar-refractivity contribution in [2.75, 3.05) is 33.2 Å². The average molecular weight is 675 g/mol. The highest BCUT2D eigenvalue weighted by Crippen LogP contribution is 2.52. The number of carbonyl (C=O) groups excluding carboxylic acids is 3. The van der Waals surface area contributed by atoms with Gasteiger partial charge in [-0.15, -0.1) is 0 Å². The van der Waals surface area contributed by atoms with Crippen LogP contribution in [0.15, 0.2) is 59.5 Å². The second kappa shape index (κ2) is 19.8. The molecule has 0 spiro atoms. The highest BCUT2D eigenvalue weighted by molar-refractivity contribution is 7.51. The molecular weight excluding hydrogens is 626 g/mol. The highest BCUT2D eigenvalue weighted by Gasteiger charge is 2.30. The van der Waals surface area contributed by atoms with E-state index in [4.69, 9.17) is 15.5 Å². The van der Waals surface area contributed by atoms with Gasteiger partial charge in [-0.3, -0.25) is 18.9 Å². The number of rotatable bonds is 9. The van der Waals surface area contributed by atoms with E-state index >= 15 is 0 Å². The van der Waals surface area contributed by atoms with Crippen LogP contribution in [0.3, 0.4) is 0 Å². The summed E-state index contributed by atoms with van der Waals surface area (Å²) in [5, 5.41) is 1.21. The summed E-state index contributed by atoms with van der Waals surface area (Å²) >= 11 is 0. The molecule has 2 aliphatic rings. The molecule has 1 aromatic heterocycles. The first-order chi connectivity index (χ1) is 22.3. The van der Waals surface area contributed by atoms with Crippen molar-refractivity contribution in [3.05, 3.63) is 81.8 Å². The molecule has 2 amide bonds. The number of unbranched alkanes of at least 4 members (excludes halogenated alkanes) is 3. The van der Waals surface area contributed by atoms with Gasteiger partial charge in [-0.05, 0) is 92.0 Å². The van der Waals surface area contributed by atoms with E-state index in [1.54, 1.807) is 34.8 Å². The summed E-state index contributed by atoms with van der Waals surface area (Å²) in [5.41, 5.74) is 6.30. The Morgan fingerprint density at radius 1 is 1.02 bits per heavy atom. The number of halogens is 1. The zero-order valence-corrected chi connectivity index (χ0v) is 28.4. The number of nitrogens with two attached hydrogens (primary N) is 1. The molecule has 2 atom stereocenters. The quantitative estimate of drug-likeness (QED) is 0.164. The highest BCUT2D eigenvalue weighted by atomic mass is 31.2. The van der Waals surface area contributed by atoms with E-state index in [1.165, 1.54) is 69.1 Å². The van der Waals surface area contributed by atoms with Crippen LogP contribution in [-0.2, 0) is 21.2 Å². The molecule has 11 nitrogen and oxygen atoms in total. The normalized spacial score (nSPS) is 16.6. The van der Waals surface area contributed by atoms with Gasteiger partial charge in [0, 0.05) is 50.3 Å². The predicted molar refractivity (Wildman–Crippen MR) is 182 cm³/mol. The van der Waals surface area contributed by atoms with Gasteiger partial charge in [0.15, 0.2) is 0 Å². The van der Waals surface area contributed by atoms with Gasteiger partial charge in [-0.25, -0.2) is 4.39 Å². The topological polar surface area (TPSA) is 163 Å². The molecule has 47 heavy (non-hydrogen) atoms. The summed E-state index contributed by atoms with van der Waals surface area (Å²) in [6.45, 7) is 6.30. The lowest BCUT2D eigenvalue weighted by Gasteiger charge is -2.11. The molecule has 13 heteroatoms. The summed E-state index contributed by atoms with van der Waals surface area (Å²) in [4.78, 5) is 64.5. The van der Waals surface area contributed by atoms with E-state index < -0.39 is 19.4 Å². The molecule has 258 valence electrons. The van der Waals surface area contributed by atoms with Crippen LogP contribution in [0.4, 0.5) is 4.39 Å². The van der Waals surface area contributed by atoms with Gasteiger partial charge in [-0.2, -0.15) is 0 Å². The third-order valence-electron chi connectivity index (χ3n) is 7.94. The number of primary amides is 1. The number of benzene rings is 2. The van der Waals surface area contributed by atoms with Crippen LogP contribution in [0.5, 0.6) is 0 Å². The Kier molecular flexibility index (Phi) is 16.7. The molecule has 0 radical (unpaired) electrons. The van der Waals surface area contributed by atoms with Crippen LogP contribution in [0.1, 0.15) is 85.2 Å². The van der Waals surface area contributed by atoms with Crippen molar-refractivity contribution in [1.29, 1.82) is 0 Å². The molecule has 2 saturated heterocycles. The zero-order valence-electron chi connectivity index (χ0n) is 27.5. The summed E-state index contributed by atoms with van der Waals surface area (Å²) in [6.07, 6.45) is 11.6. The fourth-order valence-corrected chi connectivity index (χ4v) is 5.64. The first-order valence-corrected chi connectivity index (χ1v) is 17.5. The van der Waals surface area contributed by atoms with Crippen molar-refractivity contribution < 1.29 is 33.1 Å². The first kappa shape index (κ1) is 39.5. The third kappa shape index (κ3) is 13.5. The molecule has 2 aliphatic heterocycles. The van der Waals surface area contributed by atoms with Gasteiger partial charge in [-0.1, -0.05) is 38.0 Å². The van der Waals surface area contributed by atoms with Crippen molar-refractivity contribution >= 4 is 37.0 Å². The fourth-order valence-electron chi connectivity index (χ4n) is 5.09. The van der Waals surface area contributed by atoms with Gasteiger partial charge < -0.3 is 34.7 Å². The number of aryl methyl sites for hydroxylation is 1. The van der Waals surface area contributed by atoms with Crippen LogP contribution < -0.4 is 11.3 Å². The second-order valence-corrected chi connectivity index (χ2v) is 13.4. The molecule has 0 saturated carbocycles. The van der Waals surface area contributed by atoms with Crippen LogP contribution in [0.25, 0.3) is 10.8 Å². The summed E-state index contributed by atoms with van der Waals surface area (Å²) < 4.78 is 26.0. The summed E-state index contributed by atoms with van der Waals surface area (Å²) in [7, 11) is -0.938. The smallest absolute Gasteiger partial charge is 0.363 e. The molecule has 0 aliphatic carbocycles. The van der Waals surface area contributed by atoms with E-state index in [9.17, 15) is 28.1 Å². The molecular formula is C34H48FN4O7P. The largest absolute Gasteiger partial charge is 0.366 e. The van der Waals surface area contributed by atoms with Gasteiger partial charge in [0.25, 0.3) is 5.56 Å². The molecule has 3 heterocycles. The fraction of sp³-hybridized carbons (Fsp3) is 0.471. The Bertz CT molecular complexity index is 1550. The summed E-state index contributed by atoms with van der Waals surface area (Å²) in [5.74, 6) is -2.68. The monoisotopic (exact) mass is 674 g/mol. The van der Waals surface area contributed by atoms with Gasteiger partial charge in [0.2, 0.25) is 18.2 Å². The number of pyridine rings is 1. The number of fused-ring (bicyclic) bond motifs is 1. The van der Waals surface area contributed by atoms with Gasteiger partial charge >= 0.3 is 7.60 Å². The van der Waals surface area contributed by atoms with Crippen LogP contribution >= 0.6 is 7.60 Å². The maximum atomic E-state index is 13.6. The van der Waals surface area contributed by atoms with Crippen LogP contribution in [0, 0.1) is 0 Å². The molecule has 0 bridgehead atoms. The molecule has 5 rings (SSSR count). The van der Waals surface area contributed by atoms with E-state index in [0.717, 1.165) is 50.6 Å². The maximum Gasteiger partial charge on any atom is 0.363 e.